The van der Waals surface area contributed by atoms with E-state index in [2.05, 4.69) is 30.6 Å². The Kier molecular flexibility index (Phi) is 6.29. The van der Waals surface area contributed by atoms with E-state index in [9.17, 15) is 0 Å². The van der Waals surface area contributed by atoms with E-state index in [-0.39, 0.29) is 0 Å². The topological polar surface area (TPSA) is 24.1 Å². The lowest BCUT2D eigenvalue weighted by atomic mass is 10.3. The fourth-order valence-corrected chi connectivity index (χ4v) is 0.763. The molecule has 0 aromatic carbocycles. The van der Waals surface area contributed by atoms with Gasteiger partial charge in [0.05, 0.1) is 0 Å². The number of likely N-dealkylation sites (N-methyl/N-ethyl adjacent to an activating group) is 1. The van der Waals surface area contributed by atoms with Gasteiger partial charge in [-0.3, -0.25) is 0 Å². The molecule has 0 aliphatic heterocycles. The molecule has 0 aliphatic rings. The van der Waals surface area contributed by atoms with Gasteiger partial charge in [-0.15, -0.1) is 0 Å². The first kappa shape index (κ1) is 9.50. The average Bonchev–Trinajstić information content (AvgIpc) is 1.99. The molecule has 0 saturated carbocycles. The Balaban J connectivity index is 3.43. The first-order valence-corrected chi connectivity index (χ1v) is 3.92. The lowest BCUT2D eigenvalue weighted by Crippen LogP contribution is -2.14. The molecule has 0 atom stereocenters. The van der Waals surface area contributed by atoms with Gasteiger partial charge in [0.25, 0.3) is 0 Å². The van der Waals surface area contributed by atoms with Crippen molar-refractivity contribution in [3.63, 3.8) is 0 Å². The molecule has 0 spiro atoms. The molecule has 0 radical (unpaired) electrons. The summed E-state index contributed by atoms with van der Waals surface area (Å²) in [7, 11) is 1.96. The van der Waals surface area contributed by atoms with Crippen LogP contribution in [0.3, 0.4) is 0 Å². The Morgan fingerprint density at radius 3 is 2.50 bits per heavy atom. The minimum absolute atomic E-state index is 0.973. The van der Waals surface area contributed by atoms with Crippen LogP contribution in [0.15, 0.2) is 11.8 Å². The second-order valence-electron chi connectivity index (χ2n) is 2.14. The summed E-state index contributed by atoms with van der Waals surface area (Å²) in [6, 6.07) is 0. The number of hydrogen-bond donors (Lipinski definition) is 2. The third kappa shape index (κ3) is 4.39. The van der Waals surface area contributed by atoms with Crippen molar-refractivity contribution in [3.05, 3.63) is 11.8 Å². The predicted octanol–water partition coefficient (Wildman–Crippen LogP) is 1.11. The number of hydrogen-bond acceptors (Lipinski definition) is 2. The van der Waals surface area contributed by atoms with E-state index >= 15 is 0 Å². The van der Waals surface area contributed by atoms with Crippen molar-refractivity contribution >= 4 is 0 Å². The third-order valence-electron chi connectivity index (χ3n) is 1.44. The monoisotopic (exact) mass is 142 g/mol. The minimum atomic E-state index is 0.973. The summed E-state index contributed by atoms with van der Waals surface area (Å²) in [6.07, 6.45) is 3.27. The fraction of sp³-hybridized carbons (Fsp3) is 0.750. The van der Waals surface area contributed by atoms with Gasteiger partial charge < -0.3 is 10.6 Å². The van der Waals surface area contributed by atoms with E-state index in [4.69, 9.17) is 0 Å². The van der Waals surface area contributed by atoms with Gasteiger partial charge in [0.2, 0.25) is 0 Å². The van der Waals surface area contributed by atoms with Gasteiger partial charge in [0, 0.05) is 19.3 Å². The molecular formula is C8H18N2. The van der Waals surface area contributed by atoms with Crippen LogP contribution in [0.2, 0.25) is 0 Å². The molecule has 0 heterocycles. The average molecular weight is 142 g/mol. The first-order chi connectivity index (χ1) is 4.85. The van der Waals surface area contributed by atoms with Crippen molar-refractivity contribution in [2.24, 2.45) is 0 Å². The summed E-state index contributed by atoms with van der Waals surface area (Å²) < 4.78 is 0. The smallest absolute Gasteiger partial charge is 0.0154 e. The van der Waals surface area contributed by atoms with Crippen LogP contribution >= 0.6 is 0 Å². The van der Waals surface area contributed by atoms with Crippen LogP contribution in [-0.4, -0.2) is 20.1 Å². The van der Waals surface area contributed by atoms with E-state index in [0.29, 0.717) is 0 Å². The van der Waals surface area contributed by atoms with Crippen molar-refractivity contribution in [1.29, 1.82) is 0 Å². The van der Waals surface area contributed by atoms with Gasteiger partial charge in [-0.25, -0.2) is 0 Å². The van der Waals surface area contributed by atoms with Crippen LogP contribution in [0.5, 0.6) is 0 Å². The van der Waals surface area contributed by atoms with Gasteiger partial charge in [0.1, 0.15) is 0 Å². The summed E-state index contributed by atoms with van der Waals surface area (Å²) >= 11 is 0. The molecule has 2 nitrogen and oxygen atoms in total. The SMILES string of the molecule is CCNC/C=C(/CC)NC. The molecule has 0 aromatic rings. The van der Waals surface area contributed by atoms with E-state index in [1.165, 1.54) is 5.70 Å². The Morgan fingerprint density at radius 2 is 2.10 bits per heavy atom. The van der Waals surface area contributed by atoms with Gasteiger partial charge in [-0.05, 0) is 13.0 Å². The van der Waals surface area contributed by atoms with Crippen molar-refractivity contribution in [2.75, 3.05) is 20.1 Å². The fourth-order valence-electron chi connectivity index (χ4n) is 0.763. The van der Waals surface area contributed by atoms with Crippen molar-refractivity contribution in [3.8, 4) is 0 Å². The molecule has 10 heavy (non-hydrogen) atoms. The zero-order chi connectivity index (χ0) is 7.82. The van der Waals surface area contributed by atoms with Crippen LogP contribution in [0.4, 0.5) is 0 Å². The number of rotatable bonds is 5. The highest BCUT2D eigenvalue weighted by Gasteiger charge is 1.85. The Hall–Kier alpha value is -0.500. The summed E-state index contributed by atoms with van der Waals surface area (Å²) in [5.41, 5.74) is 1.31. The lowest BCUT2D eigenvalue weighted by Gasteiger charge is -2.02. The minimum Gasteiger partial charge on any atom is -0.392 e. The molecule has 0 aliphatic carbocycles. The highest BCUT2D eigenvalue weighted by atomic mass is 14.9. The van der Waals surface area contributed by atoms with Crippen LogP contribution in [0, 0.1) is 0 Å². The van der Waals surface area contributed by atoms with Crippen LogP contribution < -0.4 is 10.6 Å². The summed E-state index contributed by atoms with van der Waals surface area (Å²) in [4.78, 5) is 0. The second kappa shape index (κ2) is 6.62. The molecular weight excluding hydrogens is 124 g/mol. The molecule has 2 heteroatoms. The van der Waals surface area contributed by atoms with Gasteiger partial charge in [0.15, 0.2) is 0 Å². The van der Waals surface area contributed by atoms with Crippen LogP contribution in [0.1, 0.15) is 20.3 Å². The van der Waals surface area contributed by atoms with E-state index in [1.54, 1.807) is 0 Å². The molecule has 60 valence electrons. The normalized spacial score (nSPS) is 11.7. The maximum absolute atomic E-state index is 3.23. The first-order valence-electron chi connectivity index (χ1n) is 3.92. The zero-order valence-electron chi connectivity index (χ0n) is 7.20. The lowest BCUT2D eigenvalue weighted by molar-refractivity contribution is 0.781. The molecule has 0 aromatic heterocycles. The second-order valence-corrected chi connectivity index (χ2v) is 2.14. The van der Waals surface area contributed by atoms with Crippen molar-refractivity contribution in [1.82, 2.24) is 10.6 Å². The molecule has 0 bridgehead atoms. The van der Waals surface area contributed by atoms with E-state index in [1.807, 2.05) is 7.05 Å². The Bertz CT molecular complexity index is 91.4. The van der Waals surface area contributed by atoms with E-state index in [0.717, 1.165) is 19.5 Å². The summed E-state index contributed by atoms with van der Waals surface area (Å²) in [5, 5.41) is 6.36. The summed E-state index contributed by atoms with van der Waals surface area (Å²) in [6.45, 7) is 6.27. The Labute approximate surface area is 63.7 Å². The quantitative estimate of drug-likeness (QED) is 0.562. The van der Waals surface area contributed by atoms with Crippen molar-refractivity contribution < 1.29 is 0 Å². The number of allylic oxidation sites excluding steroid dienone is 1. The largest absolute Gasteiger partial charge is 0.392 e. The highest BCUT2D eigenvalue weighted by Crippen LogP contribution is 1.91. The molecule has 0 rings (SSSR count). The molecule has 0 saturated heterocycles. The molecule has 0 amide bonds. The van der Waals surface area contributed by atoms with Gasteiger partial charge >= 0.3 is 0 Å². The predicted molar refractivity (Wildman–Crippen MR) is 46.0 cm³/mol. The highest BCUT2D eigenvalue weighted by molar-refractivity contribution is 4.98. The maximum atomic E-state index is 3.23. The molecule has 0 fully saturated rings. The van der Waals surface area contributed by atoms with E-state index < -0.39 is 0 Å². The standard InChI is InChI=1S/C8H18N2/c1-4-8(9-3)6-7-10-5-2/h6,9-10H,4-5,7H2,1-3H3/b8-6-. The third-order valence-corrected chi connectivity index (χ3v) is 1.44. The van der Waals surface area contributed by atoms with Crippen LogP contribution in [-0.2, 0) is 0 Å². The van der Waals surface area contributed by atoms with Crippen LogP contribution in [0.25, 0.3) is 0 Å². The van der Waals surface area contributed by atoms with Gasteiger partial charge in [-0.1, -0.05) is 19.9 Å². The van der Waals surface area contributed by atoms with Crippen molar-refractivity contribution in [2.45, 2.75) is 20.3 Å². The van der Waals surface area contributed by atoms with Gasteiger partial charge in [-0.2, -0.15) is 0 Å². The molecule has 2 N–H and O–H groups in total. The zero-order valence-corrected chi connectivity index (χ0v) is 7.20. The summed E-state index contributed by atoms with van der Waals surface area (Å²) in [5.74, 6) is 0. The Morgan fingerprint density at radius 1 is 1.40 bits per heavy atom. The maximum Gasteiger partial charge on any atom is 0.0154 e. The number of nitrogens with one attached hydrogen (secondary N) is 2. The molecule has 0 unspecified atom stereocenters.